The first kappa shape index (κ1) is 22.2. The lowest BCUT2D eigenvalue weighted by atomic mass is 10.1. The Bertz CT molecular complexity index is 1270. The van der Waals surface area contributed by atoms with E-state index < -0.39 is 6.43 Å². The van der Waals surface area contributed by atoms with Crippen molar-refractivity contribution in [2.45, 2.75) is 32.2 Å². The molecule has 0 bridgehead atoms. The molecule has 9 heteroatoms. The fraction of sp³-hybridized carbons (Fsp3) is 0.360. The molecule has 2 aliphatic rings. The second-order valence-electron chi connectivity index (χ2n) is 8.77. The van der Waals surface area contributed by atoms with Crippen molar-refractivity contribution in [3.63, 3.8) is 0 Å². The minimum absolute atomic E-state index is 0.00629. The third kappa shape index (κ3) is 5.13. The summed E-state index contributed by atoms with van der Waals surface area (Å²) in [6.45, 7) is 2.92. The fourth-order valence-corrected chi connectivity index (χ4v) is 3.93. The molecule has 7 nitrogen and oxygen atoms in total. The van der Waals surface area contributed by atoms with E-state index in [0.29, 0.717) is 24.6 Å². The summed E-state index contributed by atoms with van der Waals surface area (Å²) in [5.74, 6) is 6.82. The van der Waals surface area contributed by atoms with E-state index in [1.807, 2.05) is 25.1 Å². The summed E-state index contributed by atoms with van der Waals surface area (Å²) < 4.78 is 24.8. The molecule has 3 aromatic rings. The van der Waals surface area contributed by atoms with Crippen LogP contribution in [-0.4, -0.2) is 57.9 Å². The molecule has 3 aromatic heterocycles. The van der Waals surface area contributed by atoms with Gasteiger partial charge in [0.15, 0.2) is 0 Å². The van der Waals surface area contributed by atoms with E-state index in [1.165, 1.54) is 0 Å². The first-order valence-corrected chi connectivity index (χ1v) is 11.3. The van der Waals surface area contributed by atoms with Crippen molar-refractivity contribution in [3.05, 3.63) is 53.7 Å². The quantitative estimate of drug-likeness (QED) is 0.546. The van der Waals surface area contributed by atoms with Crippen LogP contribution in [0.4, 0.5) is 20.3 Å². The molecule has 0 unspecified atom stereocenters. The summed E-state index contributed by atoms with van der Waals surface area (Å²) in [7, 11) is 0. The van der Waals surface area contributed by atoms with Crippen LogP contribution < -0.4 is 10.6 Å². The average molecular weight is 463 g/mol. The third-order valence-corrected chi connectivity index (χ3v) is 5.98. The van der Waals surface area contributed by atoms with Gasteiger partial charge in [-0.15, -0.1) is 0 Å². The van der Waals surface area contributed by atoms with Gasteiger partial charge in [-0.3, -0.25) is 14.7 Å². The summed E-state index contributed by atoms with van der Waals surface area (Å²) in [6, 6.07) is 5.68. The third-order valence-electron chi connectivity index (χ3n) is 5.98. The number of halogens is 2. The van der Waals surface area contributed by atoms with Crippen molar-refractivity contribution in [1.82, 2.24) is 19.9 Å². The van der Waals surface area contributed by atoms with E-state index in [1.54, 1.807) is 23.5 Å². The lowest BCUT2D eigenvalue weighted by Gasteiger charge is -2.39. The van der Waals surface area contributed by atoms with Crippen molar-refractivity contribution >= 4 is 28.2 Å². The molecule has 174 valence electrons. The van der Waals surface area contributed by atoms with Gasteiger partial charge in [0.1, 0.15) is 11.5 Å². The molecule has 34 heavy (non-hydrogen) atoms. The van der Waals surface area contributed by atoms with E-state index in [9.17, 15) is 13.6 Å². The van der Waals surface area contributed by atoms with Gasteiger partial charge in [-0.1, -0.05) is 5.92 Å². The van der Waals surface area contributed by atoms with Crippen LogP contribution >= 0.6 is 0 Å². The number of nitrogens with zero attached hydrogens (tertiary/aromatic N) is 4. The van der Waals surface area contributed by atoms with Crippen molar-refractivity contribution in [2.75, 3.05) is 30.3 Å². The maximum Gasteiger partial charge on any atom is 0.251 e. The number of amides is 1. The molecule has 5 rings (SSSR count). The molecule has 1 aliphatic carbocycles. The second kappa shape index (κ2) is 9.31. The van der Waals surface area contributed by atoms with Crippen LogP contribution in [0.2, 0.25) is 0 Å². The Morgan fingerprint density at radius 2 is 1.94 bits per heavy atom. The Morgan fingerprint density at radius 3 is 2.65 bits per heavy atom. The van der Waals surface area contributed by atoms with Crippen LogP contribution in [0.1, 0.15) is 29.8 Å². The lowest BCUT2D eigenvalue weighted by Crippen LogP contribution is -2.55. The molecule has 2 fully saturated rings. The first-order chi connectivity index (χ1) is 16.4. The highest BCUT2D eigenvalue weighted by Gasteiger charge is 2.30. The number of carbonyl (C=O) groups excluding carboxylic acids is 1. The van der Waals surface area contributed by atoms with Gasteiger partial charge in [-0.05, 0) is 43.9 Å². The summed E-state index contributed by atoms with van der Waals surface area (Å²) in [6.07, 6.45) is 4.68. The van der Waals surface area contributed by atoms with Gasteiger partial charge in [0.2, 0.25) is 5.91 Å². The molecule has 0 spiro atoms. The van der Waals surface area contributed by atoms with Gasteiger partial charge < -0.3 is 10.6 Å². The van der Waals surface area contributed by atoms with E-state index in [2.05, 4.69) is 37.4 Å². The van der Waals surface area contributed by atoms with E-state index in [-0.39, 0.29) is 24.4 Å². The maximum absolute atomic E-state index is 12.4. The summed E-state index contributed by atoms with van der Waals surface area (Å²) in [5, 5.41) is 7.93. The molecule has 0 atom stereocenters. The molecule has 0 aromatic carbocycles. The highest BCUT2D eigenvalue weighted by atomic mass is 19.3. The normalized spacial score (nSPS) is 16.1. The largest absolute Gasteiger partial charge is 0.378 e. The topological polar surface area (TPSA) is 83.0 Å². The molecule has 1 amide bonds. The number of hydrogen-bond acceptors (Lipinski definition) is 6. The van der Waals surface area contributed by atoms with Gasteiger partial charge in [0, 0.05) is 47.9 Å². The Balaban J connectivity index is 1.29. The van der Waals surface area contributed by atoms with Crippen LogP contribution in [0.25, 0.3) is 10.8 Å². The minimum Gasteiger partial charge on any atom is -0.378 e. The highest BCUT2D eigenvalue weighted by molar-refractivity contribution is 5.96. The SMILES string of the molecule is Cc1ncc(C#Cc2ccc(NC3CN(CC(F)F)C3)cn2)c2cc(NC(=O)C3CC3)ncc12. The van der Waals surface area contributed by atoms with Crippen molar-refractivity contribution in [2.24, 2.45) is 5.92 Å². The number of fused-ring (bicyclic) bond motifs is 1. The summed E-state index contributed by atoms with van der Waals surface area (Å²) in [5.41, 5.74) is 2.99. The Morgan fingerprint density at radius 1 is 1.12 bits per heavy atom. The predicted molar refractivity (Wildman–Crippen MR) is 126 cm³/mol. The zero-order valence-electron chi connectivity index (χ0n) is 18.7. The van der Waals surface area contributed by atoms with Gasteiger partial charge in [0.25, 0.3) is 6.43 Å². The van der Waals surface area contributed by atoms with Gasteiger partial charge in [0.05, 0.1) is 30.0 Å². The van der Waals surface area contributed by atoms with Crippen LogP contribution in [0.15, 0.2) is 36.8 Å². The number of likely N-dealkylation sites (tertiary alicyclic amines) is 1. The minimum atomic E-state index is -2.30. The number of hydrogen-bond donors (Lipinski definition) is 2. The number of rotatable bonds is 6. The monoisotopic (exact) mass is 462 g/mol. The van der Waals surface area contributed by atoms with Crippen LogP contribution in [0.3, 0.4) is 0 Å². The number of carbonyl (C=O) groups is 1. The van der Waals surface area contributed by atoms with Gasteiger partial charge in [-0.25, -0.2) is 18.7 Å². The lowest BCUT2D eigenvalue weighted by molar-refractivity contribution is -0.117. The molecular weight excluding hydrogens is 438 g/mol. The van der Waals surface area contributed by atoms with E-state index in [0.717, 1.165) is 40.6 Å². The molecule has 0 radical (unpaired) electrons. The zero-order valence-corrected chi connectivity index (χ0v) is 18.7. The first-order valence-electron chi connectivity index (χ1n) is 11.3. The number of aryl methyl sites for hydroxylation is 1. The standard InChI is InChI=1S/C25H24F2N6O/c1-15-22-11-30-24(32-25(34)16-2-3-16)8-21(22)17(9-28-15)4-5-18-6-7-19(10-29-18)31-20-12-33(13-20)14-23(26)27/h6-11,16,20,23,31H,2-3,12-14H2,1H3,(H,30,32,34). The number of pyridine rings is 3. The van der Waals surface area contributed by atoms with Gasteiger partial charge in [-0.2, -0.15) is 0 Å². The smallest absolute Gasteiger partial charge is 0.251 e. The van der Waals surface area contributed by atoms with Crippen molar-refractivity contribution in [1.29, 1.82) is 0 Å². The predicted octanol–water partition coefficient (Wildman–Crippen LogP) is 3.44. The van der Waals surface area contributed by atoms with Crippen LogP contribution in [0, 0.1) is 24.7 Å². The van der Waals surface area contributed by atoms with Crippen molar-refractivity contribution < 1.29 is 13.6 Å². The van der Waals surface area contributed by atoms with E-state index in [4.69, 9.17) is 0 Å². The number of aromatic nitrogens is 3. The number of anilines is 2. The fourth-order valence-electron chi connectivity index (χ4n) is 3.93. The number of nitrogens with one attached hydrogen (secondary N) is 2. The molecule has 1 saturated heterocycles. The second-order valence-corrected chi connectivity index (χ2v) is 8.77. The summed E-state index contributed by atoms with van der Waals surface area (Å²) >= 11 is 0. The average Bonchev–Trinajstić information content (AvgIpc) is 3.64. The molecule has 2 N–H and O–H groups in total. The van der Waals surface area contributed by atoms with Crippen LogP contribution in [-0.2, 0) is 4.79 Å². The number of alkyl halides is 2. The zero-order chi connectivity index (χ0) is 23.7. The summed E-state index contributed by atoms with van der Waals surface area (Å²) in [4.78, 5) is 27.0. The Hall–Kier alpha value is -3.64. The Kier molecular flexibility index (Phi) is 6.07. The molecule has 1 aliphatic heterocycles. The maximum atomic E-state index is 12.4. The Labute approximate surface area is 196 Å². The van der Waals surface area contributed by atoms with Crippen LogP contribution in [0.5, 0.6) is 0 Å². The molecule has 4 heterocycles. The van der Waals surface area contributed by atoms with Crippen molar-refractivity contribution in [3.8, 4) is 11.8 Å². The molecule has 1 saturated carbocycles. The van der Waals surface area contributed by atoms with Gasteiger partial charge >= 0.3 is 0 Å². The highest BCUT2D eigenvalue weighted by Crippen LogP contribution is 2.30. The van der Waals surface area contributed by atoms with E-state index >= 15 is 0 Å². The molecular formula is C25H24F2N6O.